The minimum Gasteiger partial charge on any atom is -0.380 e. The number of aromatic nitrogens is 4. The second-order valence-corrected chi connectivity index (χ2v) is 9.76. The molecule has 1 aliphatic heterocycles. The molecule has 8 nitrogen and oxygen atoms in total. The van der Waals surface area contributed by atoms with Crippen LogP contribution in [0.5, 0.6) is 0 Å². The fraction of sp³-hybridized carbons (Fsp3) is 0.214. The lowest BCUT2D eigenvalue weighted by Crippen LogP contribution is -2.36. The molecule has 186 valence electrons. The van der Waals surface area contributed by atoms with Crippen molar-refractivity contribution < 1.29 is 9.32 Å². The van der Waals surface area contributed by atoms with Gasteiger partial charge in [-0.05, 0) is 55.3 Å². The average Bonchev–Trinajstić information content (AvgIpc) is 3.51. The van der Waals surface area contributed by atoms with E-state index in [2.05, 4.69) is 26.7 Å². The Balaban J connectivity index is 1.40. The normalized spacial score (nSPS) is 13.1. The lowest BCUT2D eigenvalue weighted by atomic mass is 10.0. The van der Waals surface area contributed by atoms with E-state index in [-0.39, 0.29) is 5.91 Å². The molecule has 2 N–H and O–H groups in total. The van der Waals surface area contributed by atoms with Gasteiger partial charge < -0.3 is 14.7 Å². The lowest BCUT2D eigenvalue weighted by molar-refractivity contribution is 0.0729. The number of hydrogen-bond acceptors (Lipinski definition) is 6. The Labute approximate surface area is 218 Å². The fourth-order valence-corrected chi connectivity index (χ4v) is 5.15. The van der Waals surface area contributed by atoms with Gasteiger partial charge in [0.25, 0.3) is 5.91 Å². The number of carbonyl (C=O) groups excluding carboxylic acids is 1. The van der Waals surface area contributed by atoms with Gasteiger partial charge in [-0.2, -0.15) is 5.10 Å². The van der Waals surface area contributed by atoms with Crippen LogP contribution in [0.25, 0.3) is 22.0 Å². The summed E-state index contributed by atoms with van der Waals surface area (Å²) in [5.74, 6) is 0.656. The average molecular weight is 513 g/mol. The molecule has 0 saturated heterocycles. The van der Waals surface area contributed by atoms with E-state index in [9.17, 15) is 4.79 Å². The smallest absolute Gasteiger partial charge is 0.272 e. The Bertz CT molecular complexity index is 1620. The van der Waals surface area contributed by atoms with Gasteiger partial charge in [-0.15, -0.1) is 0 Å². The van der Waals surface area contributed by atoms with Crippen LogP contribution in [0.15, 0.2) is 59.3 Å². The van der Waals surface area contributed by atoms with Crippen molar-refractivity contribution in [1.29, 1.82) is 0 Å². The number of rotatable bonds is 5. The van der Waals surface area contributed by atoms with Crippen LogP contribution >= 0.6 is 11.6 Å². The Morgan fingerprint density at radius 3 is 2.89 bits per heavy atom. The molecule has 0 unspecified atom stereocenters. The summed E-state index contributed by atoms with van der Waals surface area (Å²) < 4.78 is 5.39. The molecule has 0 bridgehead atoms. The molecule has 6 rings (SSSR count). The van der Waals surface area contributed by atoms with Crippen LogP contribution in [0.1, 0.15) is 38.8 Å². The van der Waals surface area contributed by atoms with Crippen LogP contribution in [-0.4, -0.2) is 37.7 Å². The molecule has 1 aliphatic rings. The predicted octanol–water partition coefficient (Wildman–Crippen LogP) is 5.69. The van der Waals surface area contributed by atoms with E-state index in [1.807, 2.05) is 61.2 Å². The van der Waals surface area contributed by atoms with Crippen molar-refractivity contribution in [2.45, 2.75) is 33.4 Å². The molecule has 4 heterocycles. The largest absolute Gasteiger partial charge is 0.380 e. The van der Waals surface area contributed by atoms with E-state index in [1.54, 1.807) is 6.20 Å². The van der Waals surface area contributed by atoms with Gasteiger partial charge in [0.05, 0.1) is 17.4 Å². The van der Waals surface area contributed by atoms with Gasteiger partial charge in [0.15, 0.2) is 0 Å². The van der Waals surface area contributed by atoms with Crippen molar-refractivity contribution >= 4 is 34.1 Å². The Kier molecular flexibility index (Phi) is 5.88. The first-order valence-corrected chi connectivity index (χ1v) is 12.5. The number of benzene rings is 2. The van der Waals surface area contributed by atoms with E-state index < -0.39 is 0 Å². The van der Waals surface area contributed by atoms with Crippen LogP contribution in [0.4, 0.5) is 5.69 Å². The van der Waals surface area contributed by atoms with Crippen molar-refractivity contribution in [1.82, 2.24) is 25.2 Å². The third-order valence-corrected chi connectivity index (χ3v) is 7.04. The van der Waals surface area contributed by atoms with Crippen LogP contribution in [0.2, 0.25) is 5.02 Å². The first-order chi connectivity index (χ1) is 18.0. The number of halogens is 1. The molecular formula is C28H25ClN6O2. The molecular weight excluding hydrogens is 488 g/mol. The molecule has 0 radical (unpaired) electrons. The maximum absolute atomic E-state index is 13.6. The first kappa shape index (κ1) is 23.2. The van der Waals surface area contributed by atoms with Crippen molar-refractivity contribution in [3.05, 3.63) is 93.7 Å². The number of amides is 1. The summed E-state index contributed by atoms with van der Waals surface area (Å²) in [5, 5.41) is 16.3. The molecule has 1 amide bonds. The molecule has 3 aromatic heterocycles. The standard InChI is InChI=1S/C28H25ClN6O2/c1-16-27(17(2)37-34-16)19-6-7-24-22(11-19)25(30-13-18-4-3-5-21(29)10-18)12-26(32-24)28(36)35-9-8-23-20(15-35)14-31-33-23/h3-7,10-12,14H,8-9,13,15H2,1-2H3,(H,30,32)(H,31,33). The quantitative estimate of drug-likeness (QED) is 0.313. The Morgan fingerprint density at radius 2 is 2.08 bits per heavy atom. The highest BCUT2D eigenvalue weighted by atomic mass is 35.5. The van der Waals surface area contributed by atoms with Crippen molar-refractivity contribution in [2.75, 3.05) is 11.9 Å². The van der Waals surface area contributed by atoms with E-state index in [0.717, 1.165) is 62.4 Å². The number of fused-ring (bicyclic) bond motifs is 2. The number of hydrogen-bond donors (Lipinski definition) is 2. The second kappa shape index (κ2) is 9.37. The molecule has 0 saturated carbocycles. The zero-order valence-electron chi connectivity index (χ0n) is 20.5. The zero-order chi connectivity index (χ0) is 25.5. The van der Waals surface area contributed by atoms with Gasteiger partial charge in [0.2, 0.25) is 0 Å². The number of anilines is 1. The van der Waals surface area contributed by atoms with Crippen LogP contribution in [-0.2, 0) is 19.5 Å². The number of nitrogens with zero attached hydrogens (tertiary/aromatic N) is 4. The maximum atomic E-state index is 13.6. The summed E-state index contributed by atoms with van der Waals surface area (Å²) in [7, 11) is 0. The summed E-state index contributed by atoms with van der Waals surface area (Å²) in [6.45, 7) is 5.51. The van der Waals surface area contributed by atoms with Crippen LogP contribution in [0.3, 0.4) is 0 Å². The van der Waals surface area contributed by atoms with Crippen LogP contribution in [0, 0.1) is 13.8 Å². The SMILES string of the molecule is Cc1noc(C)c1-c1ccc2nc(C(=O)N3CCc4[nH]ncc4C3)cc(NCc3cccc(Cl)c3)c2c1. The lowest BCUT2D eigenvalue weighted by Gasteiger charge is -2.26. The highest BCUT2D eigenvalue weighted by Crippen LogP contribution is 2.33. The molecule has 9 heteroatoms. The monoisotopic (exact) mass is 512 g/mol. The first-order valence-electron chi connectivity index (χ1n) is 12.1. The molecule has 2 aromatic carbocycles. The number of carbonyl (C=O) groups is 1. The van der Waals surface area contributed by atoms with Gasteiger partial charge in [-0.3, -0.25) is 9.89 Å². The zero-order valence-corrected chi connectivity index (χ0v) is 21.3. The molecule has 37 heavy (non-hydrogen) atoms. The maximum Gasteiger partial charge on any atom is 0.272 e. The van der Waals surface area contributed by atoms with Gasteiger partial charge in [-0.1, -0.05) is 35.0 Å². The van der Waals surface area contributed by atoms with Gasteiger partial charge in [-0.25, -0.2) is 4.98 Å². The Hall–Kier alpha value is -4.17. The number of pyridine rings is 1. The minimum atomic E-state index is -0.102. The van der Waals surface area contributed by atoms with E-state index >= 15 is 0 Å². The molecule has 0 atom stereocenters. The topological polar surface area (TPSA) is 99.9 Å². The number of H-pyrrole nitrogens is 1. The molecule has 0 aliphatic carbocycles. The number of aromatic amines is 1. The van der Waals surface area contributed by atoms with E-state index in [0.29, 0.717) is 30.4 Å². The van der Waals surface area contributed by atoms with Gasteiger partial charge >= 0.3 is 0 Å². The van der Waals surface area contributed by atoms with Gasteiger partial charge in [0.1, 0.15) is 11.5 Å². The highest BCUT2D eigenvalue weighted by molar-refractivity contribution is 6.30. The summed E-state index contributed by atoms with van der Waals surface area (Å²) in [6, 6.07) is 15.6. The summed E-state index contributed by atoms with van der Waals surface area (Å²) in [4.78, 5) is 20.2. The summed E-state index contributed by atoms with van der Waals surface area (Å²) >= 11 is 6.20. The molecule has 5 aromatic rings. The third-order valence-electron chi connectivity index (χ3n) is 6.81. The highest BCUT2D eigenvalue weighted by Gasteiger charge is 2.25. The van der Waals surface area contributed by atoms with Gasteiger partial charge in [0, 0.05) is 59.0 Å². The van der Waals surface area contributed by atoms with Crippen LogP contribution < -0.4 is 5.32 Å². The fourth-order valence-electron chi connectivity index (χ4n) is 4.93. The van der Waals surface area contributed by atoms with Crippen molar-refractivity contribution in [3.8, 4) is 11.1 Å². The third kappa shape index (κ3) is 4.44. The number of aryl methyl sites for hydroxylation is 2. The Morgan fingerprint density at radius 1 is 1.19 bits per heavy atom. The minimum absolute atomic E-state index is 0.102. The predicted molar refractivity (Wildman–Crippen MR) is 143 cm³/mol. The van der Waals surface area contributed by atoms with Crippen molar-refractivity contribution in [3.63, 3.8) is 0 Å². The van der Waals surface area contributed by atoms with E-state index in [1.165, 1.54) is 0 Å². The molecule has 0 fully saturated rings. The number of nitrogens with one attached hydrogen (secondary N) is 2. The van der Waals surface area contributed by atoms with E-state index in [4.69, 9.17) is 21.1 Å². The second-order valence-electron chi connectivity index (χ2n) is 9.32. The summed E-state index contributed by atoms with van der Waals surface area (Å²) in [5.41, 5.74) is 7.91. The molecule has 0 spiro atoms. The summed E-state index contributed by atoms with van der Waals surface area (Å²) in [6.07, 6.45) is 2.53. The van der Waals surface area contributed by atoms with Crippen molar-refractivity contribution in [2.24, 2.45) is 0 Å².